The third kappa shape index (κ3) is 1.43. The summed E-state index contributed by atoms with van der Waals surface area (Å²) in [4.78, 5) is 3.04. The van der Waals surface area contributed by atoms with Crippen molar-refractivity contribution in [2.75, 3.05) is 0 Å². The van der Waals surface area contributed by atoms with Crippen molar-refractivity contribution in [1.29, 1.82) is 0 Å². The Morgan fingerprint density at radius 3 is 2.69 bits per heavy atom. The lowest BCUT2D eigenvalue weighted by Gasteiger charge is -1.96. The molecule has 5 heteroatoms. The second-order valence-corrected chi connectivity index (χ2v) is 4.33. The van der Waals surface area contributed by atoms with Crippen molar-refractivity contribution in [3.05, 3.63) is 30.5 Å². The lowest BCUT2D eigenvalue weighted by Crippen LogP contribution is -2.11. The molecule has 0 bridgehead atoms. The Morgan fingerprint density at radius 1 is 1.23 bits per heavy atom. The summed E-state index contributed by atoms with van der Waals surface area (Å²) in [5.41, 5.74) is 0.770. The summed E-state index contributed by atoms with van der Waals surface area (Å²) < 4.78 is 21.9. The Balaban J connectivity index is 2.75. The van der Waals surface area contributed by atoms with Gasteiger partial charge in [0, 0.05) is 11.7 Å². The standard InChI is InChI=1S/C8H8N2O2S/c9-13(11,12)7-2-1-6-3-4-10-8(6)5-7/h1-5,10H,(H2,9,11,12). The van der Waals surface area contributed by atoms with Crippen molar-refractivity contribution < 1.29 is 8.42 Å². The van der Waals surface area contributed by atoms with Crippen LogP contribution in [0.4, 0.5) is 0 Å². The number of fused-ring (bicyclic) bond motifs is 1. The molecule has 0 aliphatic rings. The molecule has 0 aliphatic heterocycles. The van der Waals surface area contributed by atoms with E-state index in [4.69, 9.17) is 5.14 Å². The number of sulfonamides is 1. The summed E-state index contributed by atoms with van der Waals surface area (Å²) in [6, 6.07) is 6.59. The molecule has 0 fully saturated rings. The van der Waals surface area contributed by atoms with Gasteiger partial charge in [-0.05, 0) is 23.6 Å². The lowest BCUT2D eigenvalue weighted by molar-refractivity contribution is 0.598. The quantitative estimate of drug-likeness (QED) is 0.708. The molecule has 0 saturated heterocycles. The molecule has 1 heterocycles. The molecule has 2 aromatic rings. The predicted molar refractivity (Wildman–Crippen MR) is 49.7 cm³/mol. The van der Waals surface area contributed by atoms with Crippen molar-refractivity contribution in [3.63, 3.8) is 0 Å². The first-order chi connectivity index (χ1) is 6.07. The average Bonchev–Trinajstić information content (AvgIpc) is 2.47. The van der Waals surface area contributed by atoms with Crippen molar-refractivity contribution in [2.45, 2.75) is 4.90 Å². The molecule has 0 spiro atoms. The number of rotatable bonds is 1. The van der Waals surface area contributed by atoms with Crippen LogP contribution >= 0.6 is 0 Å². The number of aromatic amines is 1. The Labute approximate surface area is 75.4 Å². The van der Waals surface area contributed by atoms with Crippen LogP contribution in [0.25, 0.3) is 10.9 Å². The summed E-state index contributed by atoms with van der Waals surface area (Å²) >= 11 is 0. The smallest absolute Gasteiger partial charge is 0.238 e. The number of hydrogen-bond acceptors (Lipinski definition) is 2. The average molecular weight is 196 g/mol. The Hall–Kier alpha value is -1.33. The van der Waals surface area contributed by atoms with E-state index < -0.39 is 10.0 Å². The minimum atomic E-state index is -3.59. The summed E-state index contributed by atoms with van der Waals surface area (Å²) in [6.07, 6.45) is 1.75. The second-order valence-electron chi connectivity index (χ2n) is 2.77. The summed E-state index contributed by atoms with van der Waals surface area (Å²) in [6.45, 7) is 0. The van der Waals surface area contributed by atoms with Crippen LogP contribution in [0.15, 0.2) is 35.4 Å². The number of nitrogens with two attached hydrogens (primary N) is 1. The zero-order valence-electron chi connectivity index (χ0n) is 6.69. The normalized spacial score (nSPS) is 12.1. The van der Waals surface area contributed by atoms with Crippen molar-refractivity contribution in [2.24, 2.45) is 5.14 Å². The maximum Gasteiger partial charge on any atom is 0.238 e. The highest BCUT2D eigenvalue weighted by Gasteiger charge is 2.07. The number of H-pyrrole nitrogens is 1. The third-order valence-corrected chi connectivity index (χ3v) is 2.77. The first kappa shape index (κ1) is 8.28. The van der Waals surface area contributed by atoms with E-state index in [1.165, 1.54) is 12.1 Å². The first-order valence-electron chi connectivity index (χ1n) is 3.67. The molecule has 0 aliphatic carbocycles. The van der Waals surface area contributed by atoms with E-state index in [9.17, 15) is 8.42 Å². The molecule has 1 aromatic carbocycles. The molecule has 0 radical (unpaired) electrons. The van der Waals surface area contributed by atoms with Gasteiger partial charge in [0.15, 0.2) is 0 Å². The van der Waals surface area contributed by atoms with Gasteiger partial charge in [0.25, 0.3) is 0 Å². The monoisotopic (exact) mass is 196 g/mol. The molecule has 3 N–H and O–H groups in total. The van der Waals surface area contributed by atoms with Gasteiger partial charge in [-0.25, -0.2) is 13.6 Å². The topological polar surface area (TPSA) is 76.0 Å². The SMILES string of the molecule is NS(=O)(=O)c1ccc2cc[nH]c2c1. The molecular formula is C8H8N2O2S. The van der Waals surface area contributed by atoms with Crippen LogP contribution in [0.2, 0.25) is 0 Å². The molecule has 4 nitrogen and oxygen atoms in total. The molecular weight excluding hydrogens is 188 g/mol. The van der Waals surface area contributed by atoms with Gasteiger partial charge in [-0.15, -0.1) is 0 Å². The van der Waals surface area contributed by atoms with Crippen LogP contribution < -0.4 is 5.14 Å². The van der Waals surface area contributed by atoms with Gasteiger partial charge in [0.2, 0.25) is 10.0 Å². The van der Waals surface area contributed by atoms with E-state index >= 15 is 0 Å². The number of aromatic nitrogens is 1. The summed E-state index contributed by atoms with van der Waals surface area (Å²) in [5.74, 6) is 0. The molecule has 13 heavy (non-hydrogen) atoms. The highest BCUT2D eigenvalue weighted by atomic mass is 32.2. The van der Waals surface area contributed by atoms with Crippen LogP contribution in [0.3, 0.4) is 0 Å². The summed E-state index contributed by atoms with van der Waals surface area (Å²) in [7, 11) is -3.59. The van der Waals surface area contributed by atoms with Crippen LogP contribution in [0, 0.1) is 0 Å². The number of primary sulfonamides is 1. The van der Waals surface area contributed by atoms with Crippen LogP contribution in [-0.4, -0.2) is 13.4 Å². The highest BCUT2D eigenvalue weighted by molar-refractivity contribution is 7.89. The van der Waals surface area contributed by atoms with Gasteiger partial charge in [0.1, 0.15) is 0 Å². The Kier molecular flexibility index (Phi) is 1.64. The van der Waals surface area contributed by atoms with Crippen LogP contribution in [-0.2, 0) is 10.0 Å². The fourth-order valence-corrected chi connectivity index (χ4v) is 1.74. The number of hydrogen-bond donors (Lipinski definition) is 2. The van der Waals surface area contributed by atoms with E-state index in [2.05, 4.69) is 4.98 Å². The number of benzene rings is 1. The molecule has 0 amide bonds. The zero-order chi connectivity index (χ0) is 9.47. The molecule has 0 unspecified atom stereocenters. The fourth-order valence-electron chi connectivity index (χ4n) is 1.20. The van der Waals surface area contributed by atoms with Gasteiger partial charge in [-0.2, -0.15) is 0 Å². The predicted octanol–water partition coefficient (Wildman–Crippen LogP) is 0.815. The highest BCUT2D eigenvalue weighted by Crippen LogP contribution is 2.16. The minimum absolute atomic E-state index is 0.127. The third-order valence-electron chi connectivity index (χ3n) is 1.86. The van der Waals surface area contributed by atoms with Gasteiger partial charge >= 0.3 is 0 Å². The van der Waals surface area contributed by atoms with Crippen LogP contribution in [0.1, 0.15) is 0 Å². The van der Waals surface area contributed by atoms with E-state index in [0.29, 0.717) is 0 Å². The summed E-state index contributed by atoms with van der Waals surface area (Å²) in [5, 5.41) is 5.94. The zero-order valence-corrected chi connectivity index (χ0v) is 7.51. The fraction of sp³-hybridized carbons (Fsp3) is 0. The maximum absolute atomic E-state index is 11.0. The van der Waals surface area contributed by atoms with Crippen molar-refractivity contribution in [1.82, 2.24) is 4.98 Å². The van der Waals surface area contributed by atoms with Gasteiger partial charge < -0.3 is 4.98 Å². The lowest BCUT2D eigenvalue weighted by atomic mass is 10.2. The Bertz CT molecular complexity index is 542. The maximum atomic E-state index is 11.0. The van der Waals surface area contributed by atoms with E-state index in [0.717, 1.165) is 10.9 Å². The number of nitrogens with one attached hydrogen (secondary N) is 1. The molecule has 68 valence electrons. The van der Waals surface area contributed by atoms with Gasteiger partial charge in [0.05, 0.1) is 4.90 Å². The van der Waals surface area contributed by atoms with E-state index in [1.54, 1.807) is 12.3 Å². The van der Waals surface area contributed by atoms with E-state index in [-0.39, 0.29) is 4.90 Å². The van der Waals surface area contributed by atoms with Crippen molar-refractivity contribution >= 4 is 20.9 Å². The largest absolute Gasteiger partial charge is 0.361 e. The second kappa shape index (κ2) is 2.58. The van der Waals surface area contributed by atoms with Gasteiger partial charge in [-0.3, -0.25) is 0 Å². The minimum Gasteiger partial charge on any atom is -0.361 e. The molecule has 2 rings (SSSR count). The molecule has 0 atom stereocenters. The van der Waals surface area contributed by atoms with Crippen LogP contribution in [0.5, 0.6) is 0 Å². The molecule has 1 aromatic heterocycles. The first-order valence-corrected chi connectivity index (χ1v) is 5.22. The van der Waals surface area contributed by atoms with E-state index in [1.807, 2.05) is 6.07 Å². The Morgan fingerprint density at radius 2 is 2.00 bits per heavy atom. The van der Waals surface area contributed by atoms with Crippen molar-refractivity contribution in [3.8, 4) is 0 Å². The molecule has 0 saturated carbocycles. The van der Waals surface area contributed by atoms with Gasteiger partial charge in [-0.1, -0.05) is 6.07 Å².